The molecule has 0 aliphatic rings. The highest BCUT2D eigenvalue weighted by Gasteiger charge is 2.11. The van der Waals surface area contributed by atoms with Crippen LogP contribution in [0.25, 0.3) is 0 Å². The molecule has 0 fully saturated rings. The molecule has 0 aliphatic carbocycles. The third-order valence-electron chi connectivity index (χ3n) is 2.46. The van der Waals surface area contributed by atoms with Gasteiger partial charge in [-0.05, 0) is 40.2 Å². The van der Waals surface area contributed by atoms with Crippen LogP contribution in [0.3, 0.4) is 0 Å². The maximum atomic E-state index is 12.0. The standard InChI is InChI=1S/C13H9BrClN3O2/c14-8-3-7(5-17-6-8)13(20)18-9-1-2-11(15)10(4-9)12(16)19/h1-6H,(H2,16,19)(H,18,20). The normalized spacial score (nSPS) is 10.1. The van der Waals surface area contributed by atoms with Crippen molar-refractivity contribution >= 4 is 45.0 Å². The average molecular weight is 355 g/mol. The van der Waals surface area contributed by atoms with Gasteiger partial charge in [0.1, 0.15) is 0 Å². The Morgan fingerprint density at radius 1 is 1.25 bits per heavy atom. The summed E-state index contributed by atoms with van der Waals surface area (Å²) < 4.78 is 0.694. The number of nitrogens with two attached hydrogens (primary N) is 1. The summed E-state index contributed by atoms with van der Waals surface area (Å²) in [5.41, 5.74) is 6.15. The van der Waals surface area contributed by atoms with Crippen LogP contribution in [0.2, 0.25) is 5.02 Å². The number of anilines is 1. The molecule has 1 heterocycles. The summed E-state index contributed by atoms with van der Waals surface area (Å²) in [5.74, 6) is -1.01. The summed E-state index contributed by atoms with van der Waals surface area (Å²) in [6.45, 7) is 0. The quantitative estimate of drug-likeness (QED) is 0.889. The number of rotatable bonds is 3. The zero-order valence-electron chi connectivity index (χ0n) is 10.1. The van der Waals surface area contributed by atoms with Crippen LogP contribution in [0.15, 0.2) is 41.1 Å². The summed E-state index contributed by atoms with van der Waals surface area (Å²) in [4.78, 5) is 27.1. The second-order valence-corrected chi connectivity index (χ2v) is 5.23. The van der Waals surface area contributed by atoms with Crippen LogP contribution >= 0.6 is 27.5 Å². The van der Waals surface area contributed by atoms with Gasteiger partial charge in [-0.25, -0.2) is 0 Å². The highest BCUT2D eigenvalue weighted by molar-refractivity contribution is 9.10. The van der Waals surface area contributed by atoms with Gasteiger partial charge in [0.2, 0.25) is 5.91 Å². The van der Waals surface area contributed by atoms with Crippen molar-refractivity contribution in [2.45, 2.75) is 0 Å². The molecule has 0 aliphatic heterocycles. The monoisotopic (exact) mass is 353 g/mol. The Bertz CT molecular complexity index is 691. The first-order valence-electron chi connectivity index (χ1n) is 5.48. The summed E-state index contributed by atoms with van der Waals surface area (Å²) in [7, 11) is 0. The van der Waals surface area contributed by atoms with Crippen molar-refractivity contribution in [1.82, 2.24) is 4.98 Å². The van der Waals surface area contributed by atoms with Crippen molar-refractivity contribution < 1.29 is 9.59 Å². The van der Waals surface area contributed by atoms with E-state index < -0.39 is 5.91 Å². The zero-order valence-corrected chi connectivity index (χ0v) is 12.4. The fourth-order valence-electron chi connectivity index (χ4n) is 1.53. The highest BCUT2D eigenvalue weighted by Crippen LogP contribution is 2.21. The van der Waals surface area contributed by atoms with E-state index in [1.165, 1.54) is 18.3 Å². The third kappa shape index (κ3) is 3.34. The van der Waals surface area contributed by atoms with Crippen LogP contribution in [-0.4, -0.2) is 16.8 Å². The van der Waals surface area contributed by atoms with E-state index in [4.69, 9.17) is 17.3 Å². The van der Waals surface area contributed by atoms with E-state index in [1.54, 1.807) is 18.3 Å². The molecular weight excluding hydrogens is 346 g/mol. The molecule has 0 radical (unpaired) electrons. The van der Waals surface area contributed by atoms with E-state index in [0.29, 0.717) is 15.7 Å². The Kier molecular flexibility index (Phi) is 4.36. The minimum Gasteiger partial charge on any atom is -0.366 e. The maximum absolute atomic E-state index is 12.0. The molecule has 7 heteroatoms. The van der Waals surface area contributed by atoms with Gasteiger partial charge in [0.05, 0.1) is 16.1 Å². The number of hydrogen-bond donors (Lipinski definition) is 2. The molecule has 0 unspecified atom stereocenters. The average Bonchev–Trinajstić information content (AvgIpc) is 2.40. The van der Waals surface area contributed by atoms with E-state index in [-0.39, 0.29) is 16.5 Å². The van der Waals surface area contributed by atoms with E-state index >= 15 is 0 Å². The number of nitrogens with zero attached hydrogens (tertiary/aromatic N) is 1. The smallest absolute Gasteiger partial charge is 0.257 e. The van der Waals surface area contributed by atoms with Crippen molar-refractivity contribution in [2.24, 2.45) is 5.73 Å². The highest BCUT2D eigenvalue weighted by atomic mass is 79.9. The molecular formula is C13H9BrClN3O2. The number of hydrogen-bond acceptors (Lipinski definition) is 3. The number of pyridine rings is 1. The molecule has 0 bridgehead atoms. The van der Waals surface area contributed by atoms with Crippen LogP contribution in [0.5, 0.6) is 0 Å². The van der Waals surface area contributed by atoms with E-state index in [0.717, 1.165) is 0 Å². The largest absolute Gasteiger partial charge is 0.366 e. The molecule has 20 heavy (non-hydrogen) atoms. The molecule has 5 nitrogen and oxygen atoms in total. The van der Waals surface area contributed by atoms with Gasteiger partial charge in [-0.3, -0.25) is 14.6 Å². The number of aromatic nitrogens is 1. The topological polar surface area (TPSA) is 85.1 Å². The molecule has 0 spiro atoms. The summed E-state index contributed by atoms with van der Waals surface area (Å²) >= 11 is 9.07. The van der Waals surface area contributed by atoms with Gasteiger partial charge in [-0.2, -0.15) is 0 Å². The zero-order chi connectivity index (χ0) is 14.7. The number of benzene rings is 1. The first-order valence-corrected chi connectivity index (χ1v) is 6.65. The fraction of sp³-hybridized carbons (Fsp3) is 0. The van der Waals surface area contributed by atoms with Crippen molar-refractivity contribution in [1.29, 1.82) is 0 Å². The van der Waals surface area contributed by atoms with Crippen LogP contribution in [0.1, 0.15) is 20.7 Å². The van der Waals surface area contributed by atoms with Crippen LogP contribution in [0.4, 0.5) is 5.69 Å². The van der Waals surface area contributed by atoms with Gasteiger partial charge in [0, 0.05) is 22.6 Å². The lowest BCUT2D eigenvalue weighted by Crippen LogP contribution is -2.15. The summed E-state index contributed by atoms with van der Waals surface area (Å²) in [6, 6.07) is 6.13. The predicted molar refractivity (Wildman–Crippen MR) is 79.9 cm³/mol. The van der Waals surface area contributed by atoms with Crippen molar-refractivity contribution in [3.63, 3.8) is 0 Å². The molecule has 1 aromatic heterocycles. The summed E-state index contributed by atoms with van der Waals surface area (Å²) in [5, 5.41) is 2.88. The van der Waals surface area contributed by atoms with Crippen molar-refractivity contribution in [2.75, 3.05) is 5.32 Å². The molecule has 2 aromatic rings. The van der Waals surface area contributed by atoms with Gasteiger partial charge < -0.3 is 11.1 Å². The third-order valence-corrected chi connectivity index (χ3v) is 3.22. The Hall–Kier alpha value is -1.92. The van der Waals surface area contributed by atoms with Crippen LogP contribution in [0, 0.1) is 0 Å². The van der Waals surface area contributed by atoms with Gasteiger partial charge >= 0.3 is 0 Å². The molecule has 3 N–H and O–H groups in total. The molecule has 0 atom stereocenters. The van der Waals surface area contributed by atoms with Crippen LogP contribution in [-0.2, 0) is 0 Å². The predicted octanol–water partition coefficient (Wildman–Crippen LogP) is 2.85. The number of carbonyl (C=O) groups is 2. The molecule has 1 aromatic carbocycles. The van der Waals surface area contributed by atoms with Gasteiger partial charge in [-0.15, -0.1) is 0 Å². The van der Waals surface area contributed by atoms with Gasteiger partial charge in [-0.1, -0.05) is 11.6 Å². The summed E-state index contributed by atoms with van der Waals surface area (Å²) in [6.07, 6.45) is 3.01. The molecule has 0 saturated heterocycles. The van der Waals surface area contributed by atoms with Crippen molar-refractivity contribution in [3.05, 3.63) is 57.3 Å². The SMILES string of the molecule is NC(=O)c1cc(NC(=O)c2cncc(Br)c2)ccc1Cl. The van der Waals surface area contributed by atoms with Crippen molar-refractivity contribution in [3.8, 4) is 0 Å². The van der Waals surface area contributed by atoms with Gasteiger partial charge in [0.15, 0.2) is 0 Å². The van der Waals surface area contributed by atoms with Gasteiger partial charge in [0.25, 0.3) is 5.91 Å². The molecule has 102 valence electrons. The molecule has 2 rings (SSSR count). The van der Waals surface area contributed by atoms with Crippen LogP contribution < -0.4 is 11.1 Å². The number of amides is 2. The Morgan fingerprint density at radius 3 is 2.65 bits per heavy atom. The number of carbonyl (C=O) groups excluding carboxylic acids is 2. The Labute approximate surface area is 128 Å². The number of primary amides is 1. The van der Waals surface area contributed by atoms with E-state index in [9.17, 15) is 9.59 Å². The van der Waals surface area contributed by atoms with E-state index in [2.05, 4.69) is 26.2 Å². The second-order valence-electron chi connectivity index (χ2n) is 3.90. The van der Waals surface area contributed by atoms with E-state index in [1.807, 2.05) is 0 Å². The maximum Gasteiger partial charge on any atom is 0.257 e. The first kappa shape index (κ1) is 14.5. The lowest BCUT2D eigenvalue weighted by Gasteiger charge is -2.07. The molecule has 2 amide bonds. The second kappa shape index (κ2) is 6.02. The lowest BCUT2D eigenvalue weighted by molar-refractivity contribution is 0.0996. The molecule has 0 saturated carbocycles. The fourth-order valence-corrected chi connectivity index (χ4v) is 2.11. The Balaban J connectivity index is 2.24. The minimum atomic E-state index is -0.657. The first-order chi connectivity index (χ1) is 9.47. The number of nitrogens with one attached hydrogen (secondary N) is 1. The Morgan fingerprint density at radius 2 is 2.00 bits per heavy atom. The lowest BCUT2D eigenvalue weighted by atomic mass is 10.2. The number of halogens is 2. The minimum absolute atomic E-state index is 0.150.